The number of carbonyl (C=O) groups is 1. The molecule has 2 heterocycles. The molecule has 0 radical (unpaired) electrons. The third-order valence-electron chi connectivity index (χ3n) is 5.41. The Labute approximate surface area is 175 Å². The molecule has 3 N–H and O–H groups in total. The summed E-state index contributed by atoms with van der Waals surface area (Å²) in [5, 5.41) is 9.84. The second-order valence-corrected chi connectivity index (χ2v) is 10.2. The predicted octanol–water partition coefficient (Wildman–Crippen LogP) is 2.79. The van der Waals surface area contributed by atoms with Gasteiger partial charge in [0.1, 0.15) is 9.75 Å². The van der Waals surface area contributed by atoms with Crippen LogP contribution in [0.25, 0.3) is 5.70 Å². The number of thiophene rings is 1. The van der Waals surface area contributed by atoms with Crippen molar-refractivity contribution in [1.82, 2.24) is 10.2 Å². The average Bonchev–Trinajstić information content (AvgIpc) is 3.14. The first-order valence-corrected chi connectivity index (χ1v) is 11.3. The van der Waals surface area contributed by atoms with E-state index in [1.54, 1.807) is 37.3 Å². The molecule has 4 atom stereocenters. The topological polar surface area (TPSA) is 105 Å². The SMILES string of the molecule is CC1[C@H](c2ccccc2)[C@]1(NS(=O)(=O)c1ccc(C2=CC(C(F)F)ON2)s1)C(=O)O. The molecule has 0 bridgehead atoms. The molecule has 0 spiro atoms. The number of hydrogen-bond acceptors (Lipinski definition) is 6. The summed E-state index contributed by atoms with van der Waals surface area (Å²) in [5.41, 5.74) is 1.68. The van der Waals surface area contributed by atoms with Gasteiger partial charge in [-0.15, -0.1) is 11.3 Å². The molecule has 1 aromatic carbocycles. The van der Waals surface area contributed by atoms with E-state index in [2.05, 4.69) is 10.2 Å². The Morgan fingerprint density at radius 2 is 1.97 bits per heavy atom. The fourth-order valence-corrected chi connectivity index (χ4v) is 6.54. The zero-order valence-electron chi connectivity index (χ0n) is 15.6. The van der Waals surface area contributed by atoms with Crippen molar-refractivity contribution < 1.29 is 31.9 Å². The van der Waals surface area contributed by atoms with Gasteiger partial charge in [0.05, 0.1) is 10.6 Å². The number of carboxylic acid groups (broad SMARTS) is 1. The minimum Gasteiger partial charge on any atom is -0.480 e. The van der Waals surface area contributed by atoms with E-state index >= 15 is 0 Å². The lowest BCUT2D eigenvalue weighted by atomic mass is 10.1. The van der Waals surface area contributed by atoms with Crippen molar-refractivity contribution >= 4 is 33.0 Å². The molecule has 2 unspecified atom stereocenters. The molecule has 0 saturated heterocycles. The molecule has 1 aliphatic carbocycles. The summed E-state index contributed by atoms with van der Waals surface area (Å²) >= 11 is 0.830. The molecule has 1 saturated carbocycles. The van der Waals surface area contributed by atoms with E-state index in [0.717, 1.165) is 16.9 Å². The zero-order valence-corrected chi connectivity index (χ0v) is 17.2. The summed E-state index contributed by atoms with van der Waals surface area (Å²) < 4.78 is 53.7. The quantitative estimate of drug-likeness (QED) is 0.592. The maximum Gasteiger partial charge on any atom is 0.325 e. The fourth-order valence-electron chi connectivity index (χ4n) is 3.80. The second kappa shape index (κ2) is 7.41. The zero-order chi connectivity index (χ0) is 21.7. The number of nitrogens with one attached hydrogen (secondary N) is 2. The molecular weight excluding hydrogens is 438 g/mol. The number of alkyl halides is 2. The Bertz CT molecular complexity index is 1100. The largest absolute Gasteiger partial charge is 0.480 e. The molecule has 1 fully saturated rings. The monoisotopic (exact) mass is 456 g/mol. The van der Waals surface area contributed by atoms with Crippen LogP contribution in [0.4, 0.5) is 8.78 Å². The second-order valence-electron chi connectivity index (χ2n) is 7.17. The van der Waals surface area contributed by atoms with Gasteiger partial charge >= 0.3 is 5.97 Å². The fraction of sp³-hybridized carbons (Fsp3) is 0.316. The summed E-state index contributed by atoms with van der Waals surface area (Å²) in [5.74, 6) is -2.21. The van der Waals surface area contributed by atoms with Gasteiger partial charge in [-0.05, 0) is 29.7 Å². The van der Waals surface area contributed by atoms with Crippen molar-refractivity contribution in [2.24, 2.45) is 5.92 Å². The van der Waals surface area contributed by atoms with Gasteiger partial charge in [-0.3, -0.25) is 15.1 Å². The lowest BCUT2D eigenvalue weighted by molar-refractivity contribution is -0.140. The van der Waals surface area contributed by atoms with Crippen molar-refractivity contribution in [2.45, 2.75) is 35.1 Å². The molecule has 1 aromatic heterocycles. The summed E-state index contributed by atoms with van der Waals surface area (Å²) in [4.78, 5) is 17.2. The van der Waals surface area contributed by atoms with Crippen molar-refractivity contribution in [2.75, 3.05) is 0 Å². The van der Waals surface area contributed by atoms with Gasteiger partial charge in [0.2, 0.25) is 0 Å². The van der Waals surface area contributed by atoms with Crippen LogP contribution in [0.3, 0.4) is 0 Å². The third kappa shape index (κ3) is 3.41. The van der Waals surface area contributed by atoms with E-state index in [0.29, 0.717) is 4.88 Å². The van der Waals surface area contributed by atoms with E-state index in [-0.39, 0.29) is 9.91 Å². The number of rotatable bonds is 7. The van der Waals surface area contributed by atoms with Crippen LogP contribution in [0, 0.1) is 5.92 Å². The molecule has 1 aliphatic heterocycles. The Hall–Kier alpha value is -2.34. The summed E-state index contributed by atoms with van der Waals surface area (Å²) in [6, 6.07) is 11.6. The first kappa shape index (κ1) is 20.9. The molecule has 2 aliphatic rings. The summed E-state index contributed by atoms with van der Waals surface area (Å²) in [6.07, 6.45) is -2.97. The van der Waals surface area contributed by atoms with Gasteiger partial charge in [0.15, 0.2) is 6.10 Å². The normalized spacial score (nSPS) is 28.3. The molecule has 2 aromatic rings. The maximum absolute atomic E-state index is 13.0. The predicted molar refractivity (Wildman–Crippen MR) is 105 cm³/mol. The van der Waals surface area contributed by atoms with Crippen LogP contribution in [0.2, 0.25) is 0 Å². The number of aliphatic carboxylic acids is 1. The van der Waals surface area contributed by atoms with E-state index in [1.165, 1.54) is 18.2 Å². The van der Waals surface area contributed by atoms with Crippen LogP contribution in [0.15, 0.2) is 52.7 Å². The average molecular weight is 456 g/mol. The highest BCUT2D eigenvalue weighted by atomic mass is 32.2. The number of benzene rings is 1. The summed E-state index contributed by atoms with van der Waals surface area (Å²) in [6.45, 7) is 1.68. The van der Waals surface area contributed by atoms with Gasteiger partial charge in [-0.2, -0.15) is 4.72 Å². The van der Waals surface area contributed by atoms with Crippen molar-refractivity contribution in [3.63, 3.8) is 0 Å². The van der Waals surface area contributed by atoms with Gasteiger partial charge in [-0.1, -0.05) is 37.3 Å². The maximum atomic E-state index is 13.0. The van der Waals surface area contributed by atoms with Crippen LogP contribution in [-0.4, -0.2) is 37.6 Å². The first-order valence-electron chi connectivity index (χ1n) is 9.01. The molecular formula is C19H18F2N2O5S2. The minimum absolute atomic E-state index is 0.118. The smallest absolute Gasteiger partial charge is 0.325 e. The van der Waals surface area contributed by atoms with Crippen molar-refractivity contribution in [3.8, 4) is 0 Å². The van der Waals surface area contributed by atoms with E-state index in [1.807, 2.05) is 0 Å². The Kier molecular flexibility index (Phi) is 5.17. The van der Waals surface area contributed by atoms with Crippen LogP contribution in [-0.2, 0) is 19.7 Å². The Balaban J connectivity index is 1.60. The third-order valence-corrected chi connectivity index (χ3v) is 8.51. The lowest BCUT2D eigenvalue weighted by Gasteiger charge is -2.15. The van der Waals surface area contributed by atoms with E-state index in [4.69, 9.17) is 4.84 Å². The van der Waals surface area contributed by atoms with Gasteiger partial charge in [0.25, 0.3) is 16.4 Å². The minimum atomic E-state index is -4.17. The highest BCUT2D eigenvalue weighted by Crippen LogP contribution is 2.58. The van der Waals surface area contributed by atoms with Crippen LogP contribution in [0.5, 0.6) is 0 Å². The van der Waals surface area contributed by atoms with E-state index < -0.39 is 45.9 Å². The molecule has 4 rings (SSSR count). The lowest BCUT2D eigenvalue weighted by Crippen LogP contribution is -2.45. The van der Waals surface area contributed by atoms with Crippen molar-refractivity contribution in [1.29, 1.82) is 0 Å². The molecule has 0 amide bonds. The number of carboxylic acids is 1. The van der Waals surface area contributed by atoms with Crippen molar-refractivity contribution in [3.05, 3.63) is 59.0 Å². The first-order chi connectivity index (χ1) is 14.2. The van der Waals surface area contributed by atoms with E-state index in [9.17, 15) is 27.1 Å². The Morgan fingerprint density at radius 1 is 1.27 bits per heavy atom. The number of hydroxylamine groups is 1. The summed E-state index contributed by atoms with van der Waals surface area (Å²) in [7, 11) is -4.17. The standard InChI is InChI=1S/C19H18F2N2O5S2/c1-10-16(11-5-3-2-4-6-11)19(10,18(24)25)23-30(26,27)15-8-7-14(29-15)12-9-13(17(20)21)28-22-12/h2-10,13,16-17,22-23H,1H3,(H,24,25)/t10?,13?,16-,19+/m1/s1. The van der Waals surface area contributed by atoms with Crippen LogP contribution in [0.1, 0.15) is 23.3 Å². The van der Waals surface area contributed by atoms with Gasteiger partial charge in [-0.25, -0.2) is 17.2 Å². The number of sulfonamides is 1. The highest BCUT2D eigenvalue weighted by Gasteiger charge is 2.70. The molecule has 11 heteroatoms. The molecule has 30 heavy (non-hydrogen) atoms. The highest BCUT2D eigenvalue weighted by molar-refractivity contribution is 7.91. The Morgan fingerprint density at radius 3 is 2.57 bits per heavy atom. The molecule has 160 valence electrons. The van der Waals surface area contributed by atoms with Crippen LogP contribution >= 0.6 is 11.3 Å². The van der Waals surface area contributed by atoms with Gasteiger partial charge in [0, 0.05) is 5.92 Å². The van der Waals surface area contributed by atoms with Crippen LogP contribution < -0.4 is 10.2 Å². The van der Waals surface area contributed by atoms with Gasteiger partial charge < -0.3 is 5.11 Å². The number of halogens is 2. The molecule has 7 nitrogen and oxygen atoms in total. The number of hydrogen-bond donors (Lipinski definition) is 3.